The molecule has 0 atom stereocenters. The fraction of sp³-hybridized carbons (Fsp3) is 1.00. The first kappa shape index (κ1) is 19.9. The van der Waals surface area contributed by atoms with Gasteiger partial charge >= 0.3 is 0 Å². The van der Waals surface area contributed by atoms with Crippen LogP contribution in [0.15, 0.2) is 0 Å². The summed E-state index contributed by atoms with van der Waals surface area (Å²) in [7, 11) is -3.02. The van der Waals surface area contributed by atoms with E-state index in [2.05, 4.69) is 18.6 Å². The molecule has 0 fully saturated rings. The smallest absolute Gasteiger partial charge is 0.211 e. The molecule has 0 radical (unpaired) electrons. The SMILES string of the molecule is CCCCCCCCCCS(=O)(=O)NCCCCCC. The van der Waals surface area contributed by atoms with Gasteiger partial charge in [-0.15, -0.1) is 0 Å². The Bertz CT molecular complexity index is 289. The number of sulfonamides is 1. The van der Waals surface area contributed by atoms with Gasteiger partial charge in [0, 0.05) is 6.54 Å². The van der Waals surface area contributed by atoms with E-state index in [0.29, 0.717) is 12.3 Å². The third-order valence-electron chi connectivity index (χ3n) is 3.62. The third kappa shape index (κ3) is 14.3. The summed E-state index contributed by atoms with van der Waals surface area (Å²) in [4.78, 5) is 0. The zero-order chi connectivity index (χ0) is 15.1. The molecule has 0 saturated carbocycles. The van der Waals surface area contributed by atoms with Gasteiger partial charge in [-0.2, -0.15) is 0 Å². The fourth-order valence-electron chi connectivity index (χ4n) is 2.28. The van der Waals surface area contributed by atoms with Crippen molar-refractivity contribution in [3.63, 3.8) is 0 Å². The number of unbranched alkanes of at least 4 members (excludes halogenated alkanes) is 10. The summed E-state index contributed by atoms with van der Waals surface area (Å²) in [6.45, 7) is 4.99. The van der Waals surface area contributed by atoms with Gasteiger partial charge in [-0.3, -0.25) is 0 Å². The zero-order valence-electron chi connectivity index (χ0n) is 13.6. The van der Waals surface area contributed by atoms with E-state index in [1.807, 2.05) is 0 Å². The second kappa shape index (κ2) is 13.9. The van der Waals surface area contributed by atoms with E-state index in [-0.39, 0.29) is 0 Å². The molecule has 0 spiro atoms. The van der Waals surface area contributed by atoms with Gasteiger partial charge in [0.05, 0.1) is 5.75 Å². The monoisotopic (exact) mass is 305 g/mol. The first-order valence-electron chi connectivity index (χ1n) is 8.59. The minimum Gasteiger partial charge on any atom is -0.215 e. The lowest BCUT2D eigenvalue weighted by Gasteiger charge is -2.06. The molecule has 0 aliphatic carbocycles. The van der Waals surface area contributed by atoms with Crippen molar-refractivity contribution >= 4 is 10.0 Å². The molecule has 0 unspecified atom stereocenters. The van der Waals surface area contributed by atoms with Crippen molar-refractivity contribution in [2.24, 2.45) is 0 Å². The van der Waals surface area contributed by atoms with Crippen molar-refractivity contribution in [3.05, 3.63) is 0 Å². The molecular weight excluding hydrogens is 270 g/mol. The normalized spacial score (nSPS) is 11.9. The molecule has 122 valence electrons. The van der Waals surface area contributed by atoms with Crippen LogP contribution in [0.4, 0.5) is 0 Å². The highest BCUT2D eigenvalue weighted by Gasteiger charge is 2.08. The fourth-order valence-corrected chi connectivity index (χ4v) is 3.46. The summed E-state index contributed by atoms with van der Waals surface area (Å²) in [6, 6.07) is 0. The molecule has 4 heteroatoms. The van der Waals surface area contributed by atoms with Crippen molar-refractivity contribution in [1.29, 1.82) is 0 Å². The number of rotatable bonds is 15. The topological polar surface area (TPSA) is 46.2 Å². The van der Waals surface area contributed by atoms with Crippen molar-refractivity contribution in [2.75, 3.05) is 12.3 Å². The molecule has 0 bridgehead atoms. The Balaban J connectivity index is 3.39. The Morgan fingerprint density at radius 2 is 1.10 bits per heavy atom. The van der Waals surface area contributed by atoms with E-state index in [1.54, 1.807) is 0 Å². The minimum atomic E-state index is -3.02. The molecule has 1 N–H and O–H groups in total. The quantitative estimate of drug-likeness (QED) is 0.448. The van der Waals surface area contributed by atoms with E-state index in [9.17, 15) is 8.42 Å². The molecule has 0 aliphatic rings. The van der Waals surface area contributed by atoms with Gasteiger partial charge in [0.1, 0.15) is 0 Å². The standard InChI is InChI=1S/C16H35NO2S/c1-3-5-7-9-10-11-12-14-16-20(18,19)17-15-13-8-6-4-2/h17H,3-16H2,1-2H3. The van der Waals surface area contributed by atoms with Crippen molar-refractivity contribution in [1.82, 2.24) is 4.72 Å². The van der Waals surface area contributed by atoms with Gasteiger partial charge in [0.2, 0.25) is 10.0 Å². The van der Waals surface area contributed by atoms with Crippen LogP contribution in [0, 0.1) is 0 Å². The molecule has 0 aromatic carbocycles. The highest BCUT2D eigenvalue weighted by Crippen LogP contribution is 2.09. The van der Waals surface area contributed by atoms with E-state index >= 15 is 0 Å². The molecule has 0 saturated heterocycles. The second-order valence-corrected chi connectivity index (χ2v) is 7.68. The van der Waals surface area contributed by atoms with Crippen molar-refractivity contribution in [2.45, 2.75) is 90.9 Å². The molecule has 0 rings (SSSR count). The van der Waals surface area contributed by atoms with Crippen LogP contribution in [0.2, 0.25) is 0 Å². The van der Waals surface area contributed by atoms with E-state index in [4.69, 9.17) is 0 Å². The largest absolute Gasteiger partial charge is 0.215 e. The lowest BCUT2D eigenvalue weighted by atomic mass is 10.1. The minimum absolute atomic E-state index is 0.301. The maximum absolute atomic E-state index is 11.7. The van der Waals surface area contributed by atoms with Crippen LogP contribution in [0.5, 0.6) is 0 Å². The van der Waals surface area contributed by atoms with Crippen molar-refractivity contribution < 1.29 is 8.42 Å². The zero-order valence-corrected chi connectivity index (χ0v) is 14.4. The average Bonchev–Trinajstić information content (AvgIpc) is 2.41. The highest BCUT2D eigenvalue weighted by molar-refractivity contribution is 7.89. The van der Waals surface area contributed by atoms with Crippen LogP contribution in [0.1, 0.15) is 90.9 Å². The van der Waals surface area contributed by atoms with Gasteiger partial charge in [0.15, 0.2) is 0 Å². The van der Waals surface area contributed by atoms with Crippen LogP contribution in [-0.4, -0.2) is 20.7 Å². The van der Waals surface area contributed by atoms with Gasteiger partial charge in [-0.25, -0.2) is 13.1 Å². The summed E-state index contributed by atoms with van der Waals surface area (Å²) in [5.74, 6) is 0.301. The molecule has 0 aromatic heterocycles. The lowest BCUT2D eigenvalue weighted by molar-refractivity contribution is 0.560. The van der Waals surface area contributed by atoms with Gasteiger partial charge in [-0.1, -0.05) is 78.1 Å². The maximum atomic E-state index is 11.7. The summed E-state index contributed by atoms with van der Waals surface area (Å²) < 4.78 is 26.2. The summed E-state index contributed by atoms with van der Waals surface area (Å²) in [6.07, 6.45) is 14.0. The number of nitrogens with one attached hydrogen (secondary N) is 1. The predicted molar refractivity (Wildman–Crippen MR) is 88.5 cm³/mol. The van der Waals surface area contributed by atoms with E-state index in [0.717, 1.165) is 25.7 Å². The Kier molecular flexibility index (Phi) is 13.8. The number of hydrogen-bond acceptors (Lipinski definition) is 2. The Hall–Kier alpha value is -0.0900. The van der Waals surface area contributed by atoms with E-state index in [1.165, 1.54) is 51.4 Å². The maximum Gasteiger partial charge on any atom is 0.211 e. The van der Waals surface area contributed by atoms with Crippen LogP contribution in [0.3, 0.4) is 0 Å². The molecule has 0 aliphatic heterocycles. The van der Waals surface area contributed by atoms with E-state index < -0.39 is 10.0 Å². The Labute approximate surface area is 127 Å². The van der Waals surface area contributed by atoms with Crippen LogP contribution in [0.25, 0.3) is 0 Å². The average molecular weight is 306 g/mol. The first-order chi connectivity index (χ1) is 9.62. The predicted octanol–water partition coefficient (Wildman–Crippen LogP) is 4.63. The van der Waals surface area contributed by atoms with Crippen LogP contribution < -0.4 is 4.72 Å². The first-order valence-corrected chi connectivity index (χ1v) is 10.2. The second-order valence-electron chi connectivity index (χ2n) is 5.75. The molecule has 0 aromatic rings. The molecular formula is C16H35NO2S. The molecule has 3 nitrogen and oxygen atoms in total. The lowest BCUT2D eigenvalue weighted by Crippen LogP contribution is -2.27. The molecule has 0 amide bonds. The third-order valence-corrected chi connectivity index (χ3v) is 5.09. The summed E-state index contributed by atoms with van der Waals surface area (Å²) in [5, 5.41) is 0. The summed E-state index contributed by atoms with van der Waals surface area (Å²) >= 11 is 0. The Morgan fingerprint density at radius 1 is 0.650 bits per heavy atom. The molecule has 0 heterocycles. The van der Waals surface area contributed by atoms with Gasteiger partial charge < -0.3 is 0 Å². The van der Waals surface area contributed by atoms with Gasteiger partial charge in [0.25, 0.3) is 0 Å². The summed E-state index contributed by atoms with van der Waals surface area (Å²) in [5.41, 5.74) is 0. The van der Waals surface area contributed by atoms with Crippen LogP contribution in [-0.2, 0) is 10.0 Å². The molecule has 20 heavy (non-hydrogen) atoms. The highest BCUT2D eigenvalue weighted by atomic mass is 32.2. The van der Waals surface area contributed by atoms with Gasteiger partial charge in [-0.05, 0) is 12.8 Å². The van der Waals surface area contributed by atoms with Crippen LogP contribution >= 0.6 is 0 Å². The van der Waals surface area contributed by atoms with Crippen molar-refractivity contribution in [3.8, 4) is 0 Å². The number of hydrogen-bond donors (Lipinski definition) is 1. The Morgan fingerprint density at radius 3 is 1.65 bits per heavy atom.